The zero-order valence-corrected chi connectivity index (χ0v) is 10.1. The van der Waals surface area contributed by atoms with Crippen LogP contribution in [0.2, 0.25) is 0 Å². The van der Waals surface area contributed by atoms with E-state index in [0.717, 1.165) is 26.1 Å². The summed E-state index contributed by atoms with van der Waals surface area (Å²) in [5.41, 5.74) is 2.81. The van der Waals surface area contributed by atoms with Crippen LogP contribution in [0, 0.1) is 0 Å². The highest BCUT2D eigenvalue weighted by molar-refractivity contribution is 5.22. The molecule has 0 radical (unpaired) electrons. The van der Waals surface area contributed by atoms with Crippen molar-refractivity contribution in [3.05, 3.63) is 35.4 Å². The van der Waals surface area contributed by atoms with Crippen molar-refractivity contribution in [3.63, 3.8) is 0 Å². The van der Waals surface area contributed by atoms with Crippen LogP contribution in [0.4, 0.5) is 0 Å². The molecule has 0 fully saturated rings. The highest BCUT2D eigenvalue weighted by Crippen LogP contribution is 2.06. The molecule has 0 spiro atoms. The van der Waals surface area contributed by atoms with Gasteiger partial charge in [-0.15, -0.1) is 0 Å². The normalized spacial score (nSPS) is 10.9. The van der Waals surface area contributed by atoms with Gasteiger partial charge in [0.05, 0.1) is 0 Å². The average molecular weight is 206 g/mol. The molecule has 0 aliphatic rings. The molecule has 2 nitrogen and oxygen atoms in total. The molecule has 0 unspecified atom stereocenters. The molecule has 2 heteroatoms. The highest BCUT2D eigenvalue weighted by atomic mass is 15.1. The Morgan fingerprint density at radius 3 is 2.27 bits per heavy atom. The van der Waals surface area contributed by atoms with Crippen molar-refractivity contribution in [2.24, 2.45) is 0 Å². The van der Waals surface area contributed by atoms with Crippen molar-refractivity contribution in [3.8, 4) is 0 Å². The maximum absolute atomic E-state index is 3.16. The van der Waals surface area contributed by atoms with Crippen LogP contribution in [0.3, 0.4) is 0 Å². The zero-order chi connectivity index (χ0) is 11.1. The minimum atomic E-state index is 1.03. The summed E-state index contributed by atoms with van der Waals surface area (Å²) in [6, 6.07) is 8.91. The second-order valence-corrected chi connectivity index (χ2v) is 4.01. The van der Waals surface area contributed by atoms with Gasteiger partial charge >= 0.3 is 0 Å². The van der Waals surface area contributed by atoms with Crippen molar-refractivity contribution in [1.29, 1.82) is 0 Å². The van der Waals surface area contributed by atoms with Crippen molar-refractivity contribution in [2.75, 3.05) is 27.2 Å². The largest absolute Gasteiger partial charge is 0.318 e. The first-order valence-electron chi connectivity index (χ1n) is 5.67. The fourth-order valence-corrected chi connectivity index (χ4v) is 1.57. The van der Waals surface area contributed by atoms with Crippen LogP contribution in [0.5, 0.6) is 0 Å². The number of benzene rings is 1. The summed E-state index contributed by atoms with van der Waals surface area (Å²) in [5, 5.41) is 3.16. The third-order valence-corrected chi connectivity index (χ3v) is 2.63. The van der Waals surface area contributed by atoms with Crippen LogP contribution < -0.4 is 5.32 Å². The highest BCUT2D eigenvalue weighted by Gasteiger charge is 1.99. The Hall–Kier alpha value is -0.860. The predicted octanol–water partition coefficient (Wildman–Crippen LogP) is 1.90. The molecule has 1 aromatic carbocycles. The van der Waals surface area contributed by atoms with Crippen LogP contribution in [0.25, 0.3) is 0 Å². The lowest BCUT2D eigenvalue weighted by Gasteiger charge is -2.16. The van der Waals surface area contributed by atoms with Gasteiger partial charge in [-0.05, 0) is 31.6 Å². The second kappa shape index (κ2) is 6.59. The molecule has 84 valence electrons. The molecule has 1 rings (SSSR count). The third-order valence-electron chi connectivity index (χ3n) is 2.63. The molecule has 0 heterocycles. The van der Waals surface area contributed by atoms with E-state index < -0.39 is 0 Å². The smallest absolute Gasteiger partial charge is 0.0231 e. The molecule has 0 bridgehead atoms. The van der Waals surface area contributed by atoms with Crippen LogP contribution >= 0.6 is 0 Å². The number of hydrogen-bond acceptors (Lipinski definition) is 2. The van der Waals surface area contributed by atoms with E-state index in [4.69, 9.17) is 0 Å². The number of nitrogens with one attached hydrogen (secondary N) is 1. The minimum absolute atomic E-state index is 1.03. The second-order valence-electron chi connectivity index (χ2n) is 4.01. The maximum Gasteiger partial charge on any atom is 0.0231 e. The van der Waals surface area contributed by atoms with Gasteiger partial charge in [0.2, 0.25) is 0 Å². The van der Waals surface area contributed by atoms with Crippen LogP contribution in [0.1, 0.15) is 18.1 Å². The number of likely N-dealkylation sites (N-methyl/N-ethyl adjacent to an activating group) is 2. The van der Waals surface area contributed by atoms with E-state index in [2.05, 4.69) is 48.5 Å². The van der Waals surface area contributed by atoms with Gasteiger partial charge in [-0.3, -0.25) is 0 Å². The van der Waals surface area contributed by atoms with Gasteiger partial charge in [0.1, 0.15) is 0 Å². The third kappa shape index (κ3) is 4.45. The summed E-state index contributed by atoms with van der Waals surface area (Å²) >= 11 is 0. The summed E-state index contributed by atoms with van der Waals surface area (Å²) in [6.45, 7) is 5.36. The zero-order valence-electron chi connectivity index (χ0n) is 10.1. The van der Waals surface area contributed by atoms with E-state index in [1.165, 1.54) is 11.1 Å². The van der Waals surface area contributed by atoms with E-state index in [1.54, 1.807) is 0 Å². The molecule has 0 saturated heterocycles. The van der Waals surface area contributed by atoms with Crippen molar-refractivity contribution < 1.29 is 0 Å². The van der Waals surface area contributed by atoms with Gasteiger partial charge in [0.25, 0.3) is 0 Å². The van der Waals surface area contributed by atoms with E-state index in [9.17, 15) is 0 Å². The number of rotatable bonds is 6. The lowest BCUT2D eigenvalue weighted by molar-refractivity contribution is 0.328. The average Bonchev–Trinajstić information content (AvgIpc) is 2.27. The summed E-state index contributed by atoms with van der Waals surface area (Å²) in [7, 11) is 4.15. The molecule has 1 aromatic rings. The Morgan fingerprint density at radius 2 is 1.73 bits per heavy atom. The fraction of sp³-hybridized carbons (Fsp3) is 0.538. The minimum Gasteiger partial charge on any atom is -0.318 e. The van der Waals surface area contributed by atoms with Crippen molar-refractivity contribution in [2.45, 2.75) is 19.9 Å². The molecule has 0 aliphatic heterocycles. The first kappa shape index (κ1) is 12.2. The summed E-state index contributed by atoms with van der Waals surface area (Å²) in [5.74, 6) is 0. The van der Waals surface area contributed by atoms with Gasteiger partial charge in [-0.2, -0.15) is 0 Å². The molecule has 0 atom stereocenters. The van der Waals surface area contributed by atoms with Crippen molar-refractivity contribution in [1.82, 2.24) is 10.2 Å². The predicted molar refractivity (Wildman–Crippen MR) is 66.1 cm³/mol. The lowest BCUT2D eigenvalue weighted by atomic mass is 10.1. The van der Waals surface area contributed by atoms with Crippen molar-refractivity contribution >= 4 is 0 Å². The molecule has 15 heavy (non-hydrogen) atoms. The molecular formula is C13H22N2. The van der Waals surface area contributed by atoms with E-state index >= 15 is 0 Å². The molecular weight excluding hydrogens is 184 g/mol. The summed E-state index contributed by atoms with van der Waals surface area (Å²) in [6.07, 6.45) is 1.12. The van der Waals surface area contributed by atoms with Gasteiger partial charge in [-0.25, -0.2) is 0 Å². The van der Waals surface area contributed by atoms with E-state index in [-0.39, 0.29) is 0 Å². The number of nitrogens with zero attached hydrogens (tertiary/aromatic N) is 1. The Balaban J connectivity index is 2.42. The van der Waals surface area contributed by atoms with Gasteiger partial charge in [0.15, 0.2) is 0 Å². The van der Waals surface area contributed by atoms with Crippen LogP contribution in [0.15, 0.2) is 24.3 Å². The topological polar surface area (TPSA) is 15.3 Å². The Morgan fingerprint density at radius 1 is 1.13 bits per heavy atom. The fourth-order valence-electron chi connectivity index (χ4n) is 1.57. The standard InChI is InChI=1S/C13H22N2/c1-4-12-5-7-13(8-6-12)11-15(3)10-9-14-2/h5-8,14H,4,9-11H2,1-3H3. The van der Waals surface area contributed by atoms with Gasteiger partial charge < -0.3 is 10.2 Å². The molecule has 0 aromatic heterocycles. The molecule has 0 saturated carbocycles. The van der Waals surface area contributed by atoms with E-state index in [1.807, 2.05) is 7.05 Å². The number of aryl methyl sites for hydroxylation is 1. The monoisotopic (exact) mass is 206 g/mol. The number of hydrogen-bond donors (Lipinski definition) is 1. The Kier molecular flexibility index (Phi) is 5.37. The first-order valence-corrected chi connectivity index (χ1v) is 5.67. The van der Waals surface area contributed by atoms with Crippen LogP contribution in [-0.4, -0.2) is 32.1 Å². The summed E-state index contributed by atoms with van der Waals surface area (Å²) in [4.78, 5) is 2.33. The van der Waals surface area contributed by atoms with Gasteiger partial charge in [0, 0.05) is 19.6 Å². The first-order chi connectivity index (χ1) is 7.26. The molecule has 1 N–H and O–H groups in total. The Labute approximate surface area is 93.3 Å². The van der Waals surface area contributed by atoms with Gasteiger partial charge in [-0.1, -0.05) is 31.2 Å². The Bertz CT molecular complexity index is 266. The van der Waals surface area contributed by atoms with E-state index in [0.29, 0.717) is 0 Å². The maximum atomic E-state index is 3.16. The quantitative estimate of drug-likeness (QED) is 0.765. The summed E-state index contributed by atoms with van der Waals surface area (Å²) < 4.78 is 0. The SMILES string of the molecule is CCc1ccc(CN(C)CCNC)cc1. The lowest BCUT2D eigenvalue weighted by Crippen LogP contribution is -2.26. The molecule has 0 aliphatic carbocycles. The molecule has 0 amide bonds. The van der Waals surface area contributed by atoms with Crippen LogP contribution in [-0.2, 0) is 13.0 Å².